The summed E-state index contributed by atoms with van der Waals surface area (Å²) in [7, 11) is 1.65. The number of aryl methyl sites for hydroxylation is 1. The molecule has 1 saturated heterocycles. The quantitative estimate of drug-likeness (QED) is 0.196. The molecule has 1 aliphatic rings. The first-order valence-corrected chi connectivity index (χ1v) is 14.9. The molecular weight excluding hydrogens is 534 g/mol. The molecule has 0 spiro atoms. The fourth-order valence-corrected chi connectivity index (χ4v) is 5.91. The van der Waals surface area contributed by atoms with Gasteiger partial charge in [-0.25, -0.2) is 0 Å². The van der Waals surface area contributed by atoms with E-state index < -0.39 is 0 Å². The number of benzene rings is 3. The summed E-state index contributed by atoms with van der Waals surface area (Å²) in [4.78, 5) is 29.8. The fraction of sp³-hybridized carbons (Fsp3) is 0.312. The van der Waals surface area contributed by atoms with Crippen LogP contribution in [0.3, 0.4) is 0 Å². The molecule has 0 saturated carbocycles. The second-order valence-corrected chi connectivity index (χ2v) is 11.3. The van der Waals surface area contributed by atoms with Crippen LogP contribution in [-0.2, 0) is 4.79 Å². The van der Waals surface area contributed by atoms with Gasteiger partial charge < -0.3 is 14.5 Å². The molecule has 1 atom stereocenters. The molecule has 2 heterocycles. The number of rotatable bonds is 9. The molecule has 0 N–H and O–H groups in total. The minimum absolute atomic E-state index is 0.0249. The maximum absolute atomic E-state index is 13.0. The number of methoxy groups -OCH3 is 1. The number of piperazine rings is 1. The number of hydrogen-bond acceptors (Lipinski definition) is 6. The molecule has 1 aliphatic heterocycles. The summed E-state index contributed by atoms with van der Waals surface area (Å²) in [6.45, 7) is 5.67. The summed E-state index contributed by atoms with van der Waals surface area (Å²) in [5, 5.41) is 9.78. The van der Waals surface area contributed by atoms with Crippen LogP contribution in [0.15, 0.2) is 84.0 Å². The van der Waals surface area contributed by atoms with Crippen molar-refractivity contribution in [3.8, 4) is 22.8 Å². The van der Waals surface area contributed by atoms with Gasteiger partial charge in [0, 0.05) is 54.7 Å². The lowest BCUT2D eigenvalue weighted by molar-refractivity contribution is -0.133. The molecule has 1 unspecified atom stereocenters. The first-order chi connectivity index (χ1) is 19.9. The Kier molecular flexibility index (Phi) is 9.04. The Morgan fingerprint density at radius 1 is 0.976 bits per heavy atom. The number of carbonyl (C=O) groups is 2. The van der Waals surface area contributed by atoms with Crippen molar-refractivity contribution in [1.29, 1.82) is 0 Å². The summed E-state index contributed by atoms with van der Waals surface area (Å²) < 4.78 is 7.46. The zero-order valence-electron chi connectivity index (χ0n) is 23.7. The van der Waals surface area contributed by atoms with Gasteiger partial charge in [-0.2, -0.15) is 0 Å². The van der Waals surface area contributed by atoms with E-state index in [1.54, 1.807) is 18.9 Å². The number of ether oxygens (including phenoxy) is 1. The van der Waals surface area contributed by atoms with Crippen molar-refractivity contribution in [2.75, 3.05) is 32.5 Å². The van der Waals surface area contributed by atoms with Crippen molar-refractivity contribution in [3.63, 3.8) is 0 Å². The van der Waals surface area contributed by atoms with Crippen LogP contribution in [0.25, 0.3) is 17.1 Å². The minimum atomic E-state index is -0.0321. The lowest BCUT2D eigenvalue weighted by Gasteiger charge is -2.40. The van der Waals surface area contributed by atoms with Crippen molar-refractivity contribution >= 4 is 23.6 Å². The highest BCUT2D eigenvalue weighted by Gasteiger charge is 2.30. The van der Waals surface area contributed by atoms with E-state index in [9.17, 15) is 9.59 Å². The van der Waals surface area contributed by atoms with Crippen molar-refractivity contribution in [2.24, 2.45) is 0 Å². The van der Waals surface area contributed by atoms with Gasteiger partial charge in [-0.05, 0) is 56.7 Å². The largest absolute Gasteiger partial charge is 0.497 e. The zero-order valence-corrected chi connectivity index (χ0v) is 24.5. The maximum atomic E-state index is 13.0. The van der Waals surface area contributed by atoms with Crippen molar-refractivity contribution in [2.45, 2.75) is 37.9 Å². The van der Waals surface area contributed by atoms with E-state index in [-0.39, 0.29) is 17.9 Å². The molecule has 0 bridgehead atoms. The van der Waals surface area contributed by atoms with Crippen LogP contribution in [0, 0.1) is 6.92 Å². The van der Waals surface area contributed by atoms with Crippen molar-refractivity contribution in [1.82, 2.24) is 24.6 Å². The molecule has 0 radical (unpaired) electrons. The van der Waals surface area contributed by atoms with E-state index in [0.29, 0.717) is 31.6 Å². The standard InChI is InChI=1S/C32H35N5O3S/c1-23-14-16-25(17-15-23)31(39)36-19-18-35(22-24(36)2)29(38)13-8-20-41-32-34-33-30(26-9-7-12-28(21-26)40-3)37(32)27-10-5-4-6-11-27/h4-7,9-12,14-17,21,24H,8,13,18-20,22H2,1-3H3. The normalized spacial score (nSPS) is 15.1. The lowest BCUT2D eigenvalue weighted by Crippen LogP contribution is -2.55. The van der Waals surface area contributed by atoms with Gasteiger partial charge >= 0.3 is 0 Å². The van der Waals surface area contributed by atoms with Crippen LogP contribution in [-0.4, -0.2) is 74.9 Å². The topological polar surface area (TPSA) is 80.6 Å². The molecule has 3 aromatic carbocycles. The van der Waals surface area contributed by atoms with Gasteiger partial charge in [-0.3, -0.25) is 14.2 Å². The van der Waals surface area contributed by atoms with Crippen LogP contribution >= 0.6 is 11.8 Å². The molecule has 9 heteroatoms. The molecule has 41 heavy (non-hydrogen) atoms. The Labute approximate surface area is 245 Å². The Bertz CT molecular complexity index is 1490. The molecular formula is C32H35N5O3S. The lowest BCUT2D eigenvalue weighted by atomic mass is 10.1. The van der Waals surface area contributed by atoms with Gasteiger partial charge in [-0.15, -0.1) is 10.2 Å². The Morgan fingerprint density at radius 3 is 2.49 bits per heavy atom. The Morgan fingerprint density at radius 2 is 1.76 bits per heavy atom. The molecule has 5 rings (SSSR count). The van der Waals surface area contributed by atoms with E-state index in [2.05, 4.69) is 10.2 Å². The Balaban J connectivity index is 1.18. The summed E-state index contributed by atoms with van der Waals surface area (Å²) >= 11 is 1.59. The number of para-hydroxylation sites is 1. The van der Waals surface area contributed by atoms with Crippen LogP contribution in [0.1, 0.15) is 35.7 Å². The molecule has 4 aromatic rings. The van der Waals surface area contributed by atoms with Gasteiger partial charge in [0.15, 0.2) is 11.0 Å². The number of carbonyl (C=O) groups excluding carboxylic acids is 2. The van der Waals surface area contributed by atoms with Gasteiger partial charge in [-0.1, -0.05) is 59.8 Å². The van der Waals surface area contributed by atoms with E-state index in [1.807, 2.05) is 107 Å². The van der Waals surface area contributed by atoms with Crippen LogP contribution < -0.4 is 4.74 Å². The van der Waals surface area contributed by atoms with Gasteiger partial charge in [0.25, 0.3) is 5.91 Å². The van der Waals surface area contributed by atoms with Crippen LogP contribution in [0.5, 0.6) is 5.75 Å². The average Bonchev–Trinajstić information content (AvgIpc) is 3.43. The number of nitrogens with zero attached hydrogens (tertiary/aromatic N) is 5. The third-order valence-corrected chi connectivity index (χ3v) is 8.30. The number of thioether (sulfide) groups is 1. The predicted octanol–water partition coefficient (Wildman–Crippen LogP) is 5.50. The molecule has 0 aliphatic carbocycles. The average molecular weight is 570 g/mol. The third kappa shape index (κ3) is 6.62. The number of amides is 2. The second kappa shape index (κ2) is 13.0. The smallest absolute Gasteiger partial charge is 0.254 e. The van der Waals surface area contributed by atoms with E-state index >= 15 is 0 Å². The first kappa shape index (κ1) is 28.4. The highest BCUT2D eigenvalue weighted by molar-refractivity contribution is 7.99. The molecule has 2 amide bonds. The van der Waals surface area contributed by atoms with E-state index in [1.165, 1.54) is 0 Å². The third-order valence-electron chi connectivity index (χ3n) is 7.28. The van der Waals surface area contributed by atoms with Gasteiger partial charge in [0.1, 0.15) is 5.75 Å². The first-order valence-electron chi connectivity index (χ1n) is 13.9. The van der Waals surface area contributed by atoms with Gasteiger partial charge in [0.05, 0.1) is 7.11 Å². The number of aromatic nitrogens is 3. The summed E-state index contributed by atoms with van der Waals surface area (Å²) in [6, 6.07) is 25.4. The molecule has 212 valence electrons. The molecule has 1 aromatic heterocycles. The van der Waals surface area contributed by atoms with E-state index in [0.717, 1.165) is 45.7 Å². The van der Waals surface area contributed by atoms with Crippen molar-refractivity contribution in [3.05, 3.63) is 90.0 Å². The highest BCUT2D eigenvalue weighted by atomic mass is 32.2. The predicted molar refractivity (Wildman–Crippen MR) is 162 cm³/mol. The number of hydrogen-bond donors (Lipinski definition) is 0. The summed E-state index contributed by atoms with van der Waals surface area (Å²) in [5.74, 6) is 2.38. The van der Waals surface area contributed by atoms with E-state index in [4.69, 9.17) is 4.74 Å². The van der Waals surface area contributed by atoms with Crippen molar-refractivity contribution < 1.29 is 14.3 Å². The zero-order chi connectivity index (χ0) is 28.8. The fourth-order valence-electron chi connectivity index (χ4n) is 5.02. The summed E-state index contributed by atoms with van der Waals surface area (Å²) in [6.07, 6.45) is 1.17. The minimum Gasteiger partial charge on any atom is -0.497 e. The highest BCUT2D eigenvalue weighted by Crippen LogP contribution is 2.30. The molecule has 8 nitrogen and oxygen atoms in total. The summed E-state index contributed by atoms with van der Waals surface area (Å²) in [5.41, 5.74) is 3.70. The second-order valence-electron chi connectivity index (χ2n) is 10.2. The SMILES string of the molecule is COc1cccc(-c2nnc(SCCCC(=O)N3CCN(C(=O)c4ccc(C)cc4)C(C)C3)n2-c2ccccc2)c1. The maximum Gasteiger partial charge on any atom is 0.254 e. The van der Waals surface area contributed by atoms with Crippen LogP contribution in [0.4, 0.5) is 0 Å². The van der Waals surface area contributed by atoms with Gasteiger partial charge in [0.2, 0.25) is 5.91 Å². The monoisotopic (exact) mass is 569 g/mol. The Hall–Kier alpha value is -4.11. The molecule has 1 fully saturated rings. The van der Waals surface area contributed by atoms with Crippen LogP contribution in [0.2, 0.25) is 0 Å².